The smallest absolute Gasteiger partial charge is 0.0576 e. The zero-order valence-electron chi connectivity index (χ0n) is 15.0. The van der Waals surface area contributed by atoms with Gasteiger partial charge in [0.1, 0.15) is 0 Å². The second-order valence-electron chi connectivity index (χ2n) is 7.62. The molecule has 1 aliphatic heterocycles. The molecular formula is C23H25N3. The Morgan fingerprint density at radius 2 is 1.65 bits per heavy atom. The van der Waals surface area contributed by atoms with Gasteiger partial charge < -0.3 is 11.1 Å². The van der Waals surface area contributed by atoms with E-state index in [0.29, 0.717) is 12.1 Å². The molecule has 1 saturated heterocycles. The van der Waals surface area contributed by atoms with Gasteiger partial charge in [-0.15, -0.1) is 0 Å². The van der Waals surface area contributed by atoms with E-state index < -0.39 is 0 Å². The van der Waals surface area contributed by atoms with Gasteiger partial charge >= 0.3 is 0 Å². The molecule has 3 N–H and O–H groups in total. The Morgan fingerprint density at radius 3 is 2.46 bits per heavy atom. The van der Waals surface area contributed by atoms with Crippen molar-refractivity contribution in [3.8, 4) is 0 Å². The second-order valence-corrected chi connectivity index (χ2v) is 7.62. The number of benzene rings is 3. The van der Waals surface area contributed by atoms with Gasteiger partial charge in [-0.3, -0.25) is 4.90 Å². The standard InChI is InChI=1S/C23H25N3/c24-20-9-1-2-10-21(20)25-18-11-13-26(14-12-18)22-15-17-7-3-5-16-6-4-8-19(22)23(16)17/h1-10,18,22,25H,11-15,24H2/t22-/m1/s1. The van der Waals surface area contributed by atoms with Crippen LogP contribution in [0, 0.1) is 0 Å². The van der Waals surface area contributed by atoms with Crippen molar-refractivity contribution in [1.82, 2.24) is 4.90 Å². The van der Waals surface area contributed by atoms with Crippen molar-refractivity contribution < 1.29 is 0 Å². The molecule has 1 fully saturated rings. The summed E-state index contributed by atoms with van der Waals surface area (Å²) in [7, 11) is 0. The zero-order chi connectivity index (χ0) is 17.5. The first-order chi connectivity index (χ1) is 12.8. The van der Waals surface area contributed by atoms with Crippen molar-refractivity contribution in [2.45, 2.75) is 31.3 Å². The van der Waals surface area contributed by atoms with Crippen molar-refractivity contribution in [2.24, 2.45) is 0 Å². The summed E-state index contributed by atoms with van der Waals surface area (Å²) >= 11 is 0. The van der Waals surface area contributed by atoms with Gasteiger partial charge in [-0.25, -0.2) is 0 Å². The molecule has 0 saturated carbocycles. The molecule has 1 aliphatic carbocycles. The fourth-order valence-electron chi connectivity index (χ4n) is 4.75. The highest BCUT2D eigenvalue weighted by Gasteiger charge is 2.31. The van der Waals surface area contributed by atoms with Crippen LogP contribution >= 0.6 is 0 Å². The Bertz CT molecular complexity index is 936. The summed E-state index contributed by atoms with van der Waals surface area (Å²) < 4.78 is 0. The van der Waals surface area contributed by atoms with Crippen molar-refractivity contribution in [3.63, 3.8) is 0 Å². The van der Waals surface area contributed by atoms with E-state index in [9.17, 15) is 0 Å². The number of para-hydroxylation sites is 2. The fourth-order valence-corrected chi connectivity index (χ4v) is 4.75. The van der Waals surface area contributed by atoms with E-state index in [0.717, 1.165) is 43.7 Å². The highest BCUT2D eigenvalue weighted by Crippen LogP contribution is 2.41. The van der Waals surface area contributed by atoms with Crippen LogP contribution in [0.2, 0.25) is 0 Å². The molecule has 0 bridgehead atoms. The topological polar surface area (TPSA) is 41.3 Å². The van der Waals surface area contributed by atoms with Crippen molar-refractivity contribution >= 4 is 22.1 Å². The van der Waals surface area contributed by atoms with E-state index >= 15 is 0 Å². The molecule has 0 aromatic heterocycles. The molecule has 3 aromatic rings. The van der Waals surface area contributed by atoms with E-state index in [1.54, 1.807) is 0 Å². The number of anilines is 2. The van der Waals surface area contributed by atoms with Crippen molar-refractivity contribution in [1.29, 1.82) is 0 Å². The average molecular weight is 343 g/mol. The van der Waals surface area contributed by atoms with Gasteiger partial charge in [-0.2, -0.15) is 0 Å². The number of nitrogens with zero attached hydrogens (tertiary/aromatic N) is 1. The molecule has 1 atom stereocenters. The maximum Gasteiger partial charge on any atom is 0.0576 e. The normalized spacial score (nSPS) is 20.5. The average Bonchev–Trinajstić information content (AvgIpc) is 3.05. The lowest BCUT2D eigenvalue weighted by molar-refractivity contribution is 0.160. The van der Waals surface area contributed by atoms with Crippen LogP contribution in [0.25, 0.3) is 10.8 Å². The molecular weight excluding hydrogens is 318 g/mol. The van der Waals surface area contributed by atoms with E-state index in [4.69, 9.17) is 5.73 Å². The Hall–Kier alpha value is -2.52. The van der Waals surface area contributed by atoms with Crippen molar-refractivity contribution in [2.75, 3.05) is 24.1 Å². The molecule has 3 heteroatoms. The molecule has 0 radical (unpaired) electrons. The third kappa shape index (κ3) is 2.63. The monoisotopic (exact) mass is 343 g/mol. The number of rotatable bonds is 3. The zero-order valence-corrected chi connectivity index (χ0v) is 15.0. The van der Waals surface area contributed by atoms with Crippen LogP contribution in [0.3, 0.4) is 0 Å². The Kier molecular flexibility index (Phi) is 3.83. The molecule has 5 rings (SSSR count). The summed E-state index contributed by atoms with van der Waals surface area (Å²) in [6.07, 6.45) is 3.48. The Balaban J connectivity index is 1.30. The number of hydrogen-bond acceptors (Lipinski definition) is 3. The van der Waals surface area contributed by atoms with Gasteiger partial charge in [-0.1, -0.05) is 48.5 Å². The van der Waals surface area contributed by atoms with Gasteiger partial charge in [-0.05, 0) is 53.3 Å². The molecule has 26 heavy (non-hydrogen) atoms. The summed E-state index contributed by atoms with van der Waals surface area (Å²) in [6.45, 7) is 2.28. The highest BCUT2D eigenvalue weighted by molar-refractivity contribution is 5.91. The molecule has 0 spiro atoms. The van der Waals surface area contributed by atoms with Gasteiger partial charge in [0.05, 0.1) is 11.4 Å². The van der Waals surface area contributed by atoms with Gasteiger partial charge in [0.2, 0.25) is 0 Å². The van der Waals surface area contributed by atoms with Gasteiger partial charge in [0.25, 0.3) is 0 Å². The van der Waals surface area contributed by atoms with Crippen LogP contribution in [0.4, 0.5) is 11.4 Å². The summed E-state index contributed by atoms with van der Waals surface area (Å²) in [4.78, 5) is 2.68. The first-order valence-electron chi connectivity index (χ1n) is 9.65. The molecule has 0 amide bonds. The summed E-state index contributed by atoms with van der Waals surface area (Å²) in [5.74, 6) is 0. The van der Waals surface area contributed by atoms with E-state index in [1.165, 1.54) is 21.9 Å². The fraction of sp³-hybridized carbons (Fsp3) is 0.304. The minimum atomic E-state index is 0.510. The number of nitrogen functional groups attached to an aromatic ring is 1. The summed E-state index contributed by atoms with van der Waals surface area (Å²) in [5.41, 5.74) is 11.0. The lowest BCUT2D eigenvalue weighted by Gasteiger charge is -2.37. The minimum Gasteiger partial charge on any atom is -0.397 e. The quantitative estimate of drug-likeness (QED) is 0.683. The molecule has 0 unspecified atom stereocenters. The minimum absolute atomic E-state index is 0.510. The summed E-state index contributed by atoms with van der Waals surface area (Å²) in [5, 5.41) is 6.53. The maximum absolute atomic E-state index is 6.08. The number of nitrogens with two attached hydrogens (primary N) is 1. The van der Waals surface area contributed by atoms with E-state index in [1.807, 2.05) is 18.2 Å². The van der Waals surface area contributed by atoms with Crippen LogP contribution in [-0.4, -0.2) is 24.0 Å². The third-order valence-electron chi connectivity index (χ3n) is 6.09. The molecule has 3 nitrogen and oxygen atoms in total. The van der Waals surface area contributed by atoms with Crippen LogP contribution in [0.5, 0.6) is 0 Å². The third-order valence-corrected chi connectivity index (χ3v) is 6.09. The maximum atomic E-state index is 6.08. The predicted molar refractivity (Wildman–Crippen MR) is 109 cm³/mol. The Morgan fingerprint density at radius 1 is 0.885 bits per heavy atom. The Labute approximate surface area is 154 Å². The number of piperidine rings is 1. The number of likely N-dealkylation sites (tertiary alicyclic amines) is 1. The van der Waals surface area contributed by atoms with Crippen molar-refractivity contribution in [3.05, 3.63) is 71.8 Å². The van der Waals surface area contributed by atoms with Crippen LogP contribution < -0.4 is 11.1 Å². The lowest BCUT2D eigenvalue weighted by atomic mass is 9.99. The highest BCUT2D eigenvalue weighted by atomic mass is 15.2. The number of nitrogens with one attached hydrogen (secondary N) is 1. The van der Waals surface area contributed by atoms with E-state index in [-0.39, 0.29) is 0 Å². The predicted octanol–water partition coefficient (Wildman–Crippen LogP) is 4.60. The SMILES string of the molecule is Nc1ccccc1NC1CCN([C@@H]2Cc3cccc4cccc2c34)CC1. The molecule has 1 heterocycles. The summed E-state index contributed by atoms with van der Waals surface area (Å²) in [6, 6.07) is 22.7. The largest absolute Gasteiger partial charge is 0.397 e. The molecule has 3 aromatic carbocycles. The molecule has 2 aliphatic rings. The van der Waals surface area contributed by atoms with Crippen LogP contribution in [0.15, 0.2) is 60.7 Å². The lowest BCUT2D eigenvalue weighted by Crippen LogP contribution is -2.41. The van der Waals surface area contributed by atoms with Gasteiger partial charge in [0, 0.05) is 25.2 Å². The first kappa shape index (κ1) is 15.7. The molecule has 132 valence electrons. The van der Waals surface area contributed by atoms with E-state index in [2.05, 4.69) is 52.7 Å². The first-order valence-corrected chi connectivity index (χ1v) is 9.65. The second kappa shape index (κ2) is 6.33. The number of hydrogen-bond donors (Lipinski definition) is 2. The van der Waals surface area contributed by atoms with Crippen LogP contribution in [-0.2, 0) is 6.42 Å². The van der Waals surface area contributed by atoms with Gasteiger partial charge in [0.15, 0.2) is 0 Å². The van der Waals surface area contributed by atoms with Crippen LogP contribution in [0.1, 0.15) is 30.0 Å².